The molecular weight excluding hydrogens is 271 g/mol. The molecule has 0 unspecified atom stereocenters. The van der Waals surface area contributed by atoms with Gasteiger partial charge in [0.1, 0.15) is 0 Å². The normalized spacial score (nSPS) is 8.86. The molecule has 0 bridgehead atoms. The second kappa shape index (κ2) is 19.5. The Morgan fingerprint density at radius 3 is 1.50 bits per heavy atom. The van der Waals surface area contributed by atoms with Crippen LogP contribution in [-0.4, -0.2) is 6.54 Å². The van der Waals surface area contributed by atoms with Crippen LogP contribution >= 0.6 is 0 Å². The number of nitrogens with two attached hydrogens (primary N) is 1. The predicted octanol–water partition coefficient (Wildman–Crippen LogP) is 4.25. The first-order valence-electron chi connectivity index (χ1n) is 6.53. The zero-order chi connectivity index (χ0) is 11.1. The number of rotatable bonds is 8. The molecule has 0 aromatic carbocycles. The average molecular weight is 300 g/mol. The summed E-state index contributed by atoms with van der Waals surface area (Å²) in [5.74, 6) is 0. The third-order valence-corrected chi connectivity index (χ3v) is 2.06. The van der Waals surface area contributed by atoms with E-state index >= 15 is 0 Å². The molecule has 0 saturated carbocycles. The monoisotopic (exact) mass is 301 g/mol. The summed E-state index contributed by atoms with van der Waals surface area (Å²) in [4.78, 5) is 0. The minimum atomic E-state index is -0.01000. The molecule has 0 amide bonds. The van der Waals surface area contributed by atoms with E-state index in [-0.39, 0.29) is 24.2 Å². The standard InChI is InChI=1S/C10H23N.2CH3.Cd/c1-2-3-4-5-6-7-8-9-10-11;;;/h2-11H2,1H3;2*1H3;. The van der Waals surface area contributed by atoms with Crippen molar-refractivity contribution in [3.05, 3.63) is 0 Å². The van der Waals surface area contributed by atoms with E-state index in [0.717, 1.165) is 6.54 Å². The summed E-state index contributed by atoms with van der Waals surface area (Å²) in [6.45, 7) is 3.13. The van der Waals surface area contributed by atoms with Gasteiger partial charge in [-0.1, -0.05) is 51.9 Å². The minimum absolute atomic E-state index is 0.01000. The van der Waals surface area contributed by atoms with Crippen molar-refractivity contribution in [1.29, 1.82) is 0 Å². The first kappa shape index (κ1) is 17.3. The maximum absolute atomic E-state index is 5.39. The van der Waals surface area contributed by atoms with Crippen LogP contribution in [0.15, 0.2) is 0 Å². The molecule has 0 aromatic heterocycles. The Morgan fingerprint density at radius 1 is 0.786 bits per heavy atom. The van der Waals surface area contributed by atoms with Crippen LogP contribution in [-0.2, 0) is 24.2 Å². The van der Waals surface area contributed by atoms with Crippen LogP contribution < -0.4 is 5.73 Å². The van der Waals surface area contributed by atoms with Gasteiger partial charge in [0.05, 0.1) is 0 Å². The van der Waals surface area contributed by atoms with Gasteiger partial charge in [0.15, 0.2) is 0 Å². The van der Waals surface area contributed by atoms with Crippen molar-refractivity contribution >= 4 is 0 Å². The Bertz CT molecular complexity index is 68.7. The zero-order valence-electron chi connectivity index (χ0n) is 10.6. The van der Waals surface area contributed by atoms with Crippen LogP contribution in [0.5, 0.6) is 0 Å². The van der Waals surface area contributed by atoms with Crippen molar-refractivity contribution in [2.24, 2.45) is 5.73 Å². The van der Waals surface area contributed by atoms with Crippen LogP contribution in [0.4, 0.5) is 0 Å². The molecule has 2 heteroatoms. The van der Waals surface area contributed by atoms with E-state index in [1.54, 1.807) is 0 Å². The van der Waals surface area contributed by atoms with Gasteiger partial charge in [0, 0.05) is 0 Å². The molecular formula is C12H29CdN. The van der Waals surface area contributed by atoms with Crippen LogP contribution in [0.25, 0.3) is 0 Å². The molecule has 0 spiro atoms. The van der Waals surface area contributed by atoms with Gasteiger partial charge in [-0.15, -0.1) is 0 Å². The van der Waals surface area contributed by atoms with Gasteiger partial charge in [-0.3, -0.25) is 0 Å². The Balaban J connectivity index is 0. The molecule has 0 aliphatic rings. The van der Waals surface area contributed by atoms with Gasteiger partial charge in [0.2, 0.25) is 0 Å². The van der Waals surface area contributed by atoms with E-state index in [1.165, 1.54) is 51.4 Å². The molecule has 2 N–H and O–H groups in total. The molecule has 0 atom stereocenters. The molecule has 0 aromatic rings. The van der Waals surface area contributed by atoms with Crippen molar-refractivity contribution in [3.8, 4) is 0 Å². The number of unbranched alkanes of at least 4 members (excludes halogenated alkanes) is 7. The van der Waals surface area contributed by atoms with Gasteiger partial charge in [0.25, 0.3) is 0 Å². The van der Waals surface area contributed by atoms with E-state index in [2.05, 4.69) is 15.9 Å². The van der Waals surface area contributed by atoms with Crippen molar-refractivity contribution in [2.75, 3.05) is 6.54 Å². The molecule has 14 heavy (non-hydrogen) atoms. The molecule has 0 aliphatic heterocycles. The number of hydrogen-bond donors (Lipinski definition) is 1. The fraction of sp³-hybridized carbons (Fsp3) is 1.00. The van der Waals surface area contributed by atoms with Crippen LogP contribution in [0.3, 0.4) is 0 Å². The second-order valence-electron chi connectivity index (χ2n) is 3.97. The second-order valence-corrected chi connectivity index (χ2v) is 8.01. The van der Waals surface area contributed by atoms with Gasteiger partial charge >= 0.3 is 33.2 Å². The summed E-state index contributed by atoms with van der Waals surface area (Å²) < 4.78 is 4.67. The molecule has 0 fully saturated rings. The van der Waals surface area contributed by atoms with Crippen molar-refractivity contribution in [2.45, 2.75) is 67.3 Å². The quantitative estimate of drug-likeness (QED) is 0.526. The van der Waals surface area contributed by atoms with Crippen molar-refractivity contribution < 1.29 is 24.2 Å². The van der Waals surface area contributed by atoms with Crippen LogP contribution in [0.1, 0.15) is 58.3 Å². The zero-order valence-corrected chi connectivity index (χ0v) is 14.7. The molecule has 1 nitrogen and oxygen atoms in total. The van der Waals surface area contributed by atoms with Crippen LogP contribution in [0, 0.1) is 0 Å². The summed E-state index contributed by atoms with van der Waals surface area (Å²) in [5.41, 5.74) is 5.39. The molecule has 84 valence electrons. The number of hydrogen-bond acceptors (Lipinski definition) is 1. The summed E-state index contributed by atoms with van der Waals surface area (Å²) >= 11 is -0.01000. The van der Waals surface area contributed by atoms with E-state index in [4.69, 9.17) is 5.73 Å². The Hall–Kier alpha value is 0.882. The Labute approximate surface area is 103 Å². The molecule has 0 radical (unpaired) electrons. The maximum atomic E-state index is 5.39. The fourth-order valence-corrected chi connectivity index (χ4v) is 1.28. The molecule has 0 heterocycles. The van der Waals surface area contributed by atoms with E-state index in [1.807, 2.05) is 0 Å². The van der Waals surface area contributed by atoms with Gasteiger partial charge in [-0.05, 0) is 13.0 Å². The first-order valence-corrected chi connectivity index (χ1v) is 14.6. The average Bonchev–Trinajstić information content (AvgIpc) is 2.18. The summed E-state index contributed by atoms with van der Waals surface area (Å²) in [6, 6.07) is 0. The van der Waals surface area contributed by atoms with Crippen molar-refractivity contribution in [1.82, 2.24) is 0 Å². The summed E-state index contributed by atoms with van der Waals surface area (Å²) in [5, 5.41) is 0. The fourth-order valence-electron chi connectivity index (χ4n) is 1.28. The van der Waals surface area contributed by atoms with E-state index in [0.29, 0.717) is 0 Å². The van der Waals surface area contributed by atoms with Gasteiger partial charge in [-0.2, -0.15) is 0 Å². The van der Waals surface area contributed by atoms with Crippen molar-refractivity contribution in [3.63, 3.8) is 0 Å². The SMILES string of the molecule is CCCCCCCCCCN.[CH3][Cd][CH3]. The molecule has 0 aliphatic carbocycles. The summed E-state index contributed by atoms with van der Waals surface area (Å²) in [7, 11) is 0. The Kier molecular flexibility index (Phi) is 24.0. The van der Waals surface area contributed by atoms with E-state index < -0.39 is 0 Å². The first-order chi connectivity index (χ1) is 6.83. The third kappa shape index (κ3) is 23.1. The molecule has 0 rings (SSSR count). The Morgan fingerprint density at radius 2 is 1.14 bits per heavy atom. The van der Waals surface area contributed by atoms with Gasteiger partial charge in [-0.25, -0.2) is 0 Å². The topological polar surface area (TPSA) is 26.0 Å². The third-order valence-electron chi connectivity index (χ3n) is 2.06. The summed E-state index contributed by atoms with van der Waals surface area (Å²) in [6.07, 6.45) is 11.0. The van der Waals surface area contributed by atoms with Crippen LogP contribution in [0.2, 0.25) is 8.97 Å². The predicted molar refractivity (Wildman–Crippen MR) is 63.4 cm³/mol. The van der Waals surface area contributed by atoms with Gasteiger partial charge < -0.3 is 5.73 Å². The molecule has 0 saturated heterocycles. The van der Waals surface area contributed by atoms with E-state index in [9.17, 15) is 0 Å².